The number of carbonyl (C=O) groups is 3. The molecule has 0 saturated carbocycles. The van der Waals surface area contributed by atoms with Crippen molar-refractivity contribution >= 4 is 46.7 Å². The Morgan fingerprint density at radius 1 is 1.07 bits per heavy atom. The van der Waals surface area contributed by atoms with Crippen molar-refractivity contribution < 1.29 is 19.5 Å². The summed E-state index contributed by atoms with van der Waals surface area (Å²) in [4.78, 5) is 38.7. The molecule has 2 aliphatic rings. The summed E-state index contributed by atoms with van der Waals surface area (Å²) in [5, 5.41) is 12.9. The molecule has 2 N–H and O–H groups in total. The molecule has 2 amide bonds. The lowest BCUT2D eigenvalue weighted by Gasteiger charge is -2.35. The molecular weight excluding hydrogens is 391 g/mol. The van der Waals surface area contributed by atoms with Gasteiger partial charge in [0.1, 0.15) is 6.04 Å². The molecule has 0 bridgehead atoms. The van der Waals surface area contributed by atoms with E-state index < -0.39 is 12.0 Å². The van der Waals surface area contributed by atoms with Crippen LogP contribution in [0.3, 0.4) is 0 Å². The third kappa shape index (κ3) is 4.28. The lowest BCUT2D eigenvalue weighted by atomic mass is 9.99. The third-order valence-electron chi connectivity index (χ3n) is 4.99. The molecule has 1 heterocycles. The maximum Gasteiger partial charge on any atom is 0.332 e. The highest BCUT2D eigenvalue weighted by atomic mass is 35.5. The van der Waals surface area contributed by atoms with Crippen molar-refractivity contribution in [1.29, 1.82) is 0 Å². The van der Waals surface area contributed by atoms with Gasteiger partial charge in [-0.3, -0.25) is 9.59 Å². The minimum absolute atomic E-state index is 0.172. The molecule has 8 heteroatoms. The van der Waals surface area contributed by atoms with Crippen LogP contribution in [0.5, 0.6) is 0 Å². The van der Waals surface area contributed by atoms with E-state index in [2.05, 4.69) is 5.32 Å². The highest BCUT2D eigenvalue weighted by Gasteiger charge is 2.36. The number of halogens is 2. The summed E-state index contributed by atoms with van der Waals surface area (Å²) >= 11 is 12.0. The molecule has 1 unspecified atom stereocenters. The van der Waals surface area contributed by atoms with Gasteiger partial charge in [-0.2, -0.15) is 0 Å². The van der Waals surface area contributed by atoms with Crippen LogP contribution in [0.2, 0.25) is 10.0 Å². The fourth-order valence-electron chi connectivity index (χ4n) is 3.64. The number of hydrogen-bond donors (Lipinski definition) is 2. The Morgan fingerprint density at radius 2 is 1.81 bits per heavy atom. The second-order valence-corrected chi connectivity index (χ2v) is 7.58. The van der Waals surface area contributed by atoms with Crippen LogP contribution in [-0.4, -0.2) is 40.4 Å². The van der Waals surface area contributed by atoms with Crippen LogP contribution in [-0.2, 0) is 14.4 Å². The van der Waals surface area contributed by atoms with E-state index in [0.29, 0.717) is 53.5 Å². The fraction of sp³-hybridized carbons (Fsp3) is 0.421. The van der Waals surface area contributed by atoms with Gasteiger partial charge in [-0.1, -0.05) is 23.2 Å². The van der Waals surface area contributed by atoms with Gasteiger partial charge in [0, 0.05) is 22.7 Å². The number of piperidine rings is 1. The predicted octanol–water partition coefficient (Wildman–Crippen LogP) is 3.88. The van der Waals surface area contributed by atoms with E-state index in [9.17, 15) is 19.5 Å². The summed E-state index contributed by atoms with van der Waals surface area (Å²) in [5.41, 5.74) is 0.924. The molecule has 144 valence electrons. The van der Waals surface area contributed by atoms with Gasteiger partial charge in [-0.25, -0.2) is 4.79 Å². The molecule has 6 nitrogen and oxygen atoms in total. The Kier molecular flexibility index (Phi) is 6.07. The van der Waals surface area contributed by atoms with E-state index >= 15 is 0 Å². The first-order valence-corrected chi connectivity index (χ1v) is 9.66. The average molecular weight is 411 g/mol. The van der Waals surface area contributed by atoms with E-state index in [-0.39, 0.29) is 17.4 Å². The van der Waals surface area contributed by atoms with E-state index in [1.165, 1.54) is 11.0 Å². The smallest absolute Gasteiger partial charge is 0.332 e. The topological polar surface area (TPSA) is 86.7 Å². The third-order valence-corrected chi connectivity index (χ3v) is 5.54. The number of hydrogen-bond acceptors (Lipinski definition) is 3. The highest BCUT2D eigenvalue weighted by Crippen LogP contribution is 2.31. The van der Waals surface area contributed by atoms with E-state index in [1.807, 2.05) is 0 Å². The summed E-state index contributed by atoms with van der Waals surface area (Å²) < 4.78 is 0. The lowest BCUT2D eigenvalue weighted by Crippen LogP contribution is -2.50. The van der Waals surface area contributed by atoms with Crippen LogP contribution < -0.4 is 5.32 Å². The lowest BCUT2D eigenvalue weighted by molar-refractivity contribution is -0.138. The van der Waals surface area contributed by atoms with Crippen molar-refractivity contribution in [1.82, 2.24) is 4.90 Å². The molecule has 1 saturated heterocycles. The van der Waals surface area contributed by atoms with Gasteiger partial charge in [0.2, 0.25) is 5.91 Å². The van der Waals surface area contributed by atoms with Gasteiger partial charge in [0.25, 0.3) is 5.91 Å². The van der Waals surface area contributed by atoms with Crippen molar-refractivity contribution in [3.63, 3.8) is 0 Å². The molecule has 27 heavy (non-hydrogen) atoms. The van der Waals surface area contributed by atoms with E-state index in [1.54, 1.807) is 12.1 Å². The predicted molar refractivity (Wildman–Crippen MR) is 103 cm³/mol. The van der Waals surface area contributed by atoms with Crippen LogP contribution in [0, 0.1) is 0 Å². The molecule has 1 aliphatic carbocycles. The second kappa shape index (κ2) is 8.31. The van der Waals surface area contributed by atoms with Crippen LogP contribution in [0.25, 0.3) is 0 Å². The number of likely N-dealkylation sites (tertiary alicyclic amines) is 1. The van der Waals surface area contributed by atoms with Gasteiger partial charge < -0.3 is 15.3 Å². The Hall–Kier alpha value is -2.05. The largest absolute Gasteiger partial charge is 0.478 e. The molecule has 3 rings (SSSR count). The van der Waals surface area contributed by atoms with Gasteiger partial charge >= 0.3 is 5.97 Å². The Bertz CT molecular complexity index is 822. The van der Waals surface area contributed by atoms with Crippen LogP contribution in [0.15, 0.2) is 29.3 Å². The minimum Gasteiger partial charge on any atom is -0.478 e. The number of nitrogens with zero attached hydrogens (tertiary/aromatic N) is 1. The standard InChI is InChI=1S/C19H20Cl2N2O4/c20-11-7-8-15(14(21)10-11)22-17(24)16-6-1-2-9-23(16)18(25)12-4-3-5-13(12)19(26)27/h7-8,10,16H,1-6,9H2,(H,22,24)(H,26,27). The van der Waals surface area contributed by atoms with Gasteiger partial charge in [0.15, 0.2) is 0 Å². The quantitative estimate of drug-likeness (QED) is 0.788. The maximum absolute atomic E-state index is 13.0. The molecule has 0 spiro atoms. The van der Waals surface area contributed by atoms with Gasteiger partial charge in [-0.05, 0) is 56.7 Å². The minimum atomic E-state index is -1.05. The first kappa shape index (κ1) is 19.7. The SMILES string of the molecule is O=C(O)C1=C(C(=O)N2CCCCC2C(=O)Nc2ccc(Cl)cc2Cl)CCC1. The summed E-state index contributed by atoms with van der Waals surface area (Å²) in [7, 11) is 0. The number of nitrogens with one attached hydrogen (secondary N) is 1. The molecule has 1 aliphatic heterocycles. The molecule has 0 radical (unpaired) electrons. The number of carboxylic acid groups (broad SMARTS) is 1. The van der Waals surface area contributed by atoms with E-state index in [4.69, 9.17) is 23.2 Å². The zero-order valence-electron chi connectivity index (χ0n) is 14.6. The number of amides is 2. The number of aliphatic carboxylic acids is 1. The van der Waals surface area contributed by atoms with Crippen LogP contribution >= 0.6 is 23.2 Å². The number of anilines is 1. The first-order valence-electron chi connectivity index (χ1n) is 8.90. The molecular formula is C19H20Cl2N2O4. The Labute approximate surface area is 167 Å². The van der Waals surface area contributed by atoms with Crippen LogP contribution in [0.1, 0.15) is 38.5 Å². The molecule has 1 aromatic rings. The van der Waals surface area contributed by atoms with Gasteiger partial charge in [-0.15, -0.1) is 0 Å². The van der Waals surface area contributed by atoms with Crippen molar-refractivity contribution in [2.24, 2.45) is 0 Å². The number of benzene rings is 1. The zero-order valence-corrected chi connectivity index (χ0v) is 16.1. The molecule has 1 aromatic carbocycles. The first-order chi connectivity index (χ1) is 12.9. The maximum atomic E-state index is 13.0. The second-order valence-electron chi connectivity index (χ2n) is 6.74. The van der Waals surface area contributed by atoms with Crippen molar-refractivity contribution in [3.8, 4) is 0 Å². The molecule has 1 fully saturated rings. The average Bonchev–Trinajstić information content (AvgIpc) is 3.13. The normalized spacial score (nSPS) is 19.9. The number of carbonyl (C=O) groups excluding carboxylic acids is 2. The van der Waals surface area contributed by atoms with Gasteiger partial charge in [0.05, 0.1) is 10.7 Å². The zero-order chi connectivity index (χ0) is 19.6. The number of carboxylic acids is 1. The molecule has 1 atom stereocenters. The Balaban J connectivity index is 1.80. The van der Waals surface area contributed by atoms with E-state index in [0.717, 1.165) is 12.8 Å². The van der Waals surface area contributed by atoms with Crippen molar-refractivity contribution in [3.05, 3.63) is 39.4 Å². The molecule has 0 aromatic heterocycles. The van der Waals surface area contributed by atoms with Crippen LogP contribution in [0.4, 0.5) is 5.69 Å². The Morgan fingerprint density at radius 3 is 2.52 bits per heavy atom. The summed E-state index contributed by atoms with van der Waals surface area (Å²) in [6.07, 6.45) is 3.61. The fourth-order valence-corrected chi connectivity index (χ4v) is 4.10. The van der Waals surface area contributed by atoms with Crippen molar-refractivity contribution in [2.45, 2.75) is 44.6 Å². The number of rotatable bonds is 4. The summed E-state index contributed by atoms with van der Waals surface area (Å²) in [6.45, 7) is 0.432. The summed E-state index contributed by atoms with van der Waals surface area (Å²) in [6, 6.07) is 4.11. The summed E-state index contributed by atoms with van der Waals surface area (Å²) in [5.74, 6) is -1.73. The van der Waals surface area contributed by atoms with Crippen molar-refractivity contribution in [2.75, 3.05) is 11.9 Å². The highest BCUT2D eigenvalue weighted by molar-refractivity contribution is 6.36. The monoisotopic (exact) mass is 410 g/mol.